The summed E-state index contributed by atoms with van der Waals surface area (Å²) in [6.07, 6.45) is 2.12. The average molecular weight is 382 g/mol. The Hall–Kier alpha value is -2.31. The highest BCUT2D eigenvalue weighted by atomic mass is 32.2. The Morgan fingerprint density at radius 2 is 2.15 bits per heavy atom. The van der Waals surface area contributed by atoms with Gasteiger partial charge in [-0.2, -0.15) is 0 Å². The molecule has 0 amide bonds. The van der Waals surface area contributed by atoms with Crippen LogP contribution in [0.5, 0.6) is 5.75 Å². The van der Waals surface area contributed by atoms with Gasteiger partial charge in [-0.1, -0.05) is 36.0 Å². The van der Waals surface area contributed by atoms with Crippen LogP contribution in [0.15, 0.2) is 58.5 Å². The van der Waals surface area contributed by atoms with Gasteiger partial charge in [-0.15, -0.1) is 0 Å². The summed E-state index contributed by atoms with van der Waals surface area (Å²) in [5, 5.41) is 1.39. The van der Waals surface area contributed by atoms with E-state index in [9.17, 15) is 4.79 Å². The highest BCUT2D eigenvalue weighted by Gasteiger charge is 2.20. The lowest BCUT2D eigenvalue weighted by Crippen LogP contribution is -2.28. The first kappa shape index (κ1) is 18.1. The molecule has 1 aliphatic rings. The molecule has 6 heteroatoms. The zero-order chi connectivity index (χ0) is 18.6. The summed E-state index contributed by atoms with van der Waals surface area (Å²) in [5.41, 5.74) is 1.87. The molecule has 1 aromatic heterocycles. The number of ether oxygens (including phenoxy) is 2. The number of fused-ring (bicyclic) bond motifs is 1. The Bertz CT molecular complexity index is 996. The lowest BCUT2D eigenvalue weighted by molar-refractivity contribution is 0.0937. The Balaban J connectivity index is 1.67. The minimum Gasteiger partial charge on any atom is -0.497 e. The SMILES string of the molecule is COc1cccc(CSc2nc3ccccc3c(=O)n2CC2CCCO2)c1. The number of aromatic nitrogens is 2. The monoisotopic (exact) mass is 382 g/mol. The van der Waals surface area contributed by atoms with Crippen LogP contribution in [-0.4, -0.2) is 29.4 Å². The van der Waals surface area contributed by atoms with Gasteiger partial charge in [-0.05, 0) is 42.7 Å². The summed E-state index contributed by atoms with van der Waals surface area (Å²) in [6.45, 7) is 1.32. The lowest BCUT2D eigenvalue weighted by atomic mass is 10.2. The molecule has 0 spiro atoms. The van der Waals surface area contributed by atoms with Crippen molar-refractivity contribution in [1.82, 2.24) is 9.55 Å². The van der Waals surface area contributed by atoms with Gasteiger partial charge < -0.3 is 9.47 Å². The molecule has 0 radical (unpaired) electrons. The van der Waals surface area contributed by atoms with Crippen molar-refractivity contribution in [2.45, 2.75) is 36.4 Å². The molecule has 1 atom stereocenters. The Labute approximate surface area is 162 Å². The van der Waals surface area contributed by atoms with Gasteiger partial charge in [0.1, 0.15) is 5.75 Å². The van der Waals surface area contributed by atoms with Gasteiger partial charge in [0.15, 0.2) is 5.16 Å². The van der Waals surface area contributed by atoms with Crippen molar-refractivity contribution in [1.29, 1.82) is 0 Å². The van der Waals surface area contributed by atoms with Crippen molar-refractivity contribution in [2.24, 2.45) is 0 Å². The lowest BCUT2D eigenvalue weighted by Gasteiger charge is -2.16. The molecule has 1 aliphatic heterocycles. The van der Waals surface area contributed by atoms with Crippen molar-refractivity contribution in [2.75, 3.05) is 13.7 Å². The molecule has 0 saturated carbocycles. The first-order valence-corrected chi connectivity index (χ1v) is 10.1. The molecular formula is C21H22N2O3S. The molecule has 140 valence electrons. The molecule has 1 fully saturated rings. The van der Waals surface area contributed by atoms with Crippen LogP contribution in [0.4, 0.5) is 0 Å². The fourth-order valence-electron chi connectivity index (χ4n) is 3.32. The maximum atomic E-state index is 13.1. The minimum atomic E-state index is 0.00393. The molecule has 2 heterocycles. The number of hydrogen-bond acceptors (Lipinski definition) is 5. The van der Waals surface area contributed by atoms with Gasteiger partial charge in [-0.3, -0.25) is 9.36 Å². The zero-order valence-corrected chi connectivity index (χ0v) is 16.1. The van der Waals surface area contributed by atoms with E-state index >= 15 is 0 Å². The van der Waals surface area contributed by atoms with E-state index in [-0.39, 0.29) is 11.7 Å². The van der Waals surface area contributed by atoms with Gasteiger partial charge in [-0.25, -0.2) is 4.98 Å². The Morgan fingerprint density at radius 1 is 1.26 bits per heavy atom. The fourth-order valence-corrected chi connectivity index (χ4v) is 4.27. The van der Waals surface area contributed by atoms with Crippen molar-refractivity contribution in [3.63, 3.8) is 0 Å². The number of rotatable bonds is 6. The largest absolute Gasteiger partial charge is 0.497 e. The topological polar surface area (TPSA) is 53.3 Å². The quantitative estimate of drug-likeness (QED) is 0.478. The van der Waals surface area contributed by atoms with Crippen LogP contribution in [0.3, 0.4) is 0 Å². The molecule has 2 aromatic carbocycles. The van der Waals surface area contributed by atoms with E-state index in [0.717, 1.165) is 41.4 Å². The molecule has 0 N–H and O–H groups in total. The second-order valence-electron chi connectivity index (χ2n) is 6.60. The van der Waals surface area contributed by atoms with Gasteiger partial charge in [0, 0.05) is 12.4 Å². The van der Waals surface area contributed by atoms with Gasteiger partial charge >= 0.3 is 0 Å². The third-order valence-electron chi connectivity index (χ3n) is 4.74. The molecule has 4 rings (SSSR count). The molecule has 1 unspecified atom stereocenters. The van der Waals surface area contributed by atoms with Gasteiger partial charge in [0.25, 0.3) is 5.56 Å². The number of hydrogen-bond donors (Lipinski definition) is 0. The first-order valence-electron chi connectivity index (χ1n) is 9.11. The zero-order valence-electron chi connectivity index (χ0n) is 15.3. The normalized spacial score (nSPS) is 16.7. The number of thioether (sulfide) groups is 1. The van der Waals surface area contributed by atoms with Crippen molar-refractivity contribution >= 4 is 22.7 Å². The molecule has 0 bridgehead atoms. The van der Waals surface area contributed by atoms with Crippen LogP contribution < -0.4 is 10.3 Å². The first-order chi connectivity index (χ1) is 13.2. The molecule has 1 saturated heterocycles. The third-order valence-corrected chi connectivity index (χ3v) is 5.79. The van der Waals surface area contributed by atoms with E-state index in [1.165, 1.54) is 0 Å². The molecule has 3 aromatic rings. The summed E-state index contributed by atoms with van der Waals surface area (Å²) in [5.74, 6) is 1.55. The Kier molecular flexibility index (Phi) is 5.45. The van der Waals surface area contributed by atoms with E-state index in [1.807, 2.05) is 42.5 Å². The van der Waals surface area contributed by atoms with Crippen molar-refractivity contribution in [3.05, 3.63) is 64.4 Å². The van der Waals surface area contributed by atoms with E-state index in [2.05, 4.69) is 6.07 Å². The molecule has 27 heavy (non-hydrogen) atoms. The standard InChI is InChI=1S/C21H22N2O3S/c1-25-16-7-4-6-15(12-16)14-27-21-22-19-10-3-2-9-18(19)20(24)23(21)13-17-8-5-11-26-17/h2-4,6-7,9-10,12,17H,5,8,11,13-14H2,1H3. The summed E-state index contributed by atoms with van der Waals surface area (Å²) in [4.78, 5) is 17.9. The Morgan fingerprint density at radius 3 is 2.96 bits per heavy atom. The molecule has 0 aliphatic carbocycles. The van der Waals surface area contributed by atoms with Crippen molar-refractivity contribution in [3.8, 4) is 5.75 Å². The summed E-state index contributed by atoms with van der Waals surface area (Å²) in [7, 11) is 1.66. The number of nitrogens with zero attached hydrogens (tertiary/aromatic N) is 2. The van der Waals surface area contributed by atoms with E-state index < -0.39 is 0 Å². The number of benzene rings is 2. The number of methoxy groups -OCH3 is 1. The highest BCUT2D eigenvalue weighted by Crippen LogP contribution is 2.25. The fraction of sp³-hybridized carbons (Fsp3) is 0.333. The van der Waals surface area contributed by atoms with Gasteiger partial charge in [0.2, 0.25) is 0 Å². The van der Waals surface area contributed by atoms with E-state index in [0.29, 0.717) is 17.7 Å². The minimum absolute atomic E-state index is 0.00393. The average Bonchev–Trinajstić information content (AvgIpc) is 3.22. The van der Waals surface area contributed by atoms with Crippen LogP contribution in [0.25, 0.3) is 10.9 Å². The smallest absolute Gasteiger partial charge is 0.262 e. The summed E-state index contributed by atoms with van der Waals surface area (Å²) in [6, 6.07) is 15.5. The summed E-state index contributed by atoms with van der Waals surface area (Å²) >= 11 is 1.57. The summed E-state index contributed by atoms with van der Waals surface area (Å²) < 4.78 is 12.8. The number of para-hydroxylation sites is 1. The predicted molar refractivity (Wildman–Crippen MR) is 108 cm³/mol. The van der Waals surface area contributed by atoms with E-state index in [4.69, 9.17) is 14.5 Å². The van der Waals surface area contributed by atoms with Crippen LogP contribution in [0, 0.1) is 0 Å². The maximum absolute atomic E-state index is 13.1. The second-order valence-corrected chi connectivity index (χ2v) is 7.55. The maximum Gasteiger partial charge on any atom is 0.262 e. The third kappa shape index (κ3) is 4.01. The van der Waals surface area contributed by atoms with E-state index in [1.54, 1.807) is 23.4 Å². The van der Waals surface area contributed by atoms with Crippen LogP contribution >= 0.6 is 11.8 Å². The van der Waals surface area contributed by atoms with Crippen LogP contribution in [0.1, 0.15) is 18.4 Å². The molecule has 5 nitrogen and oxygen atoms in total. The van der Waals surface area contributed by atoms with Crippen LogP contribution in [0.2, 0.25) is 0 Å². The van der Waals surface area contributed by atoms with Gasteiger partial charge in [0.05, 0.1) is 30.7 Å². The second kappa shape index (κ2) is 8.15. The predicted octanol–water partition coefficient (Wildman–Crippen LogP) is 3.88. The van der Waals surface area contributed by atoms with Crippen molar-refractivity contribution < 1.29 is 9.47 Å². The molecular weight excluding hydrogens is 360 g/mol. The van der Waals surface area contributed by atoms with Crippen LogP contribution in [-0.2, 0) is 17.0 Å². The highest BCUT2D eigenvalue weighted by molar-refractivity contribution is 7.98.